The standard InChI is InChI=1S/C11H23NO4/c1-14-4-5-15-7-10(13)8-16-11-3-2-9(12)6-11/h9-11,13H,2-8,12H2,1H3. The smallest absolute Gasteiger partial charge is 0.101 e. The van der Waals surface area contributed by atoms with Gasteiger partial charge in [0.1, 0.15) is 6.10 Å². The molecule has 16 heavy (non-hydrogen) atoms. The monoisotopic (exact) mass is 233 g/mol. The number of aliphatic hydroxyl groups excluding tert-OH is 1. The van der Waals surface area contributed by atoms with Gasteiger partial charge in [0, 0.05) is 13.2 Å². The summed E-state index contributed by atoms with van der Waals surface area (Å²) in [6.45, 7) is 1.67. The lowest BCUT2D eigenvalue weighted by atomic mass is 10.3. The minimum absolute atomic E-state index is 0.212. The molecule has 1 rings (SSSR count). The predicted molar refractivity (Wildman–Crippen MR) is 60.3 cm³/mol. The fraction of sp³-hybridized carbons (Fsp3) is 1.00. The van der Waals surface area contributed by atoms with Gasteiger partial charge in [0.15, 0.2) is 0 Å². The molecule has 0 aliphatic heterocycles. The van der Waals surface area contributed by atoms with E-state index in [0.29, 0.717) is 26.4 Å². The molecule has 5 nitrogen and oxygen atoms in total. The fourth-order valence-corrected chi connectivity index (χ4v) is 1.78. The topological polar surface area (TPSA) is 73.9 Å². The summed E-state index contributed by atoms with van der Waals surface area (Å²) in [6, 6.07) is 0.264. The molecule has 5 heteroatoms. The molecule has 0 bridgehead atoms. The van der Waals surface area contributed by atoms with Crippen molar-refractivity contribution in [2.45, 2.75) is 37.5 Å². The molecule has 1 fully saturated rings. The maximum Gasteiger partial charge on any atom is 0.101 e. The average molecular weight is 233 g/mol. The highest BCUT2D eigenvalue weighted by atomic mass is 16.5. The lowest BCUT2D eigenvalue weighted by Crippen LogP contribution is -2.26. The van der Waals surface area contributed by atoms with Crippen LogP contribution in [0.1, 0.15) is 19.3 Å². The summed E-state index contributed by atoms with van der Waals surface area (Å²) in [5, 5.41) is 9.55. The molecule has 96 valence electrons. The Morgan fingerprint density at radius 2 is 2.12 bits per heavy atom. The summed E-state index contributed by atoms with van der Waals surface area (Å²) in [7, 11) is 1.62. The van der Waals surface area contributed by atoms with Crippen LogP contribution in [0.4, 0.5) is 0 Å². The molecular formula is C11H23NO4. The first kappa shape index (κ1) is 13.9. The zero-order valence-corrected chi connectivity index (χ0v) is 9.93. The van der Waals surface area contributed by atoms with Gasteiger partial charge in [-0.1, -0.05) is 0 Å². The van der Waals surface area contributed by atoms with Gasteiger partial charge in [-0.3, -0.25) is 0 Å². The van der Waals surface area contributed by atoms with Gasteiger partial charge in [0.05, 0.1) is 32.5 Å². The van der Waals surface area contributed by atoms with Crippen LogP contribution in [-0.2, 0) is 14.2 Å². The van der Waals surface area contributed by atoms with E-state index in [-0.39, 0.29) is 12.1 Å². The van der Waals surface area contributed by atoms with Crippen LogP contribution in [-0.4, -0.2) is 56.9 Å². The Hall–Kier alpha value is -0.200. The minimum Gasteiger partial charge on any atom is -0.388 e. The maximum absolute atomic E-state index is 9.55. The Balaban J connectivity index is 1.95. The van der Waals surface area contributed by atoms with Crippen LogP contribution in [0.5, 0.6) is 0 Å². The van der Waals surface area contributed by atoms with Crippen molar-refractivity contribution in [3.05, 3.63) is 0 Å². The van der Waals surface area contributed by atoms with Gasteiger partial charge in [-0.2, -0.15) is 0 Å². The van der Waals surface area contributed by atoms with E-state index in [1.165, 1.54) is 0 Å². The number of ether oxygens (including phenoxy) is 3. The van der Waals surface area contributed by atoms with Crippen LogP contribution in [0.3, 0.4) is 0 Å². The first-order valence-electron chi connectivity index (χ1n) is 5.84. The first-order chi connectivity index (χ1) is 7.72. The third-order valence-corrected chi connectivity index (χ3v) is 2.69. The van der Waals surface area contributed by atoms with E-state index in [4.69, 9.17) is 19.9 Å². The number of aliphatic hydroxyl groups is 1. The Morgan fingerprint density at radius 1 is 1.31 bits per heavy atom. The molecule has 0 heterocycles. The maximum atomic E-state index is 9.55. The Bertz CT molecular complexity index is 179. The van der Waals surface area contributed by atoms with E-state index in [1.807, 2.05) is 0 Å². The fourth-order valence-electron chi connectivity index (χ4n) is 1.78. The quantitative estimate of drug-likeness (QED) is 0.573. The summed E-state index contributed by atoms with van der Waals surface area (Å²) in [5.41, 5.74) is 5.76. The van der Waals surface area contributed by atoms with Crippen molar-refractivity contribution >= 4 is 0 Å². The van der Waals surface area contributed by atoms with Crippen LogP contribution in [0.15, 0.2) is 0 Å². The summed E-state index contributed by atoms with van der Waals surface area (Å²) in [4.78, 5) is 0. The zero-order chi connectivity index (χ0) is 11.8. The lowest BCUT2D eigenvalue weighted by Gasteiger charge is -2.15. The molecule has 1 saturated carbocycles. The highest BCUT2D eigenvalue weighted by molar-refractivity contribution is 4.78. The minimum atomic E-state index is -0.561. The molecule has 0 aromatic heterocycles. The highest BCUT2D eigenvalue weighted by Crippen LogP contribution is 2.20. The van der Waals surface area contributed by atoms with Crippen LogP contribution in [0, 0.1) is 0 Å². The molecule has 0 amide bonds. The van der Waals surface area contributed by atoms with E-state index in [9.17, 15) is 5.11 Å². The van der Waals surface area contributed by atoms with E-state index in [1.54, 1.807) is 7.11 Å². The van der Waals surface area contributed by atoms with Crippen molar-refractivity contribution in [2.24, 2.45) is 5.73 Å². The Morgan fingerprint density at radius 3 is 2.75 bits per heavy atom. The highest BCUT2D eigenvalue weighted by Gasteiger charge is 2.22. The van der Waals surface area contributed by atoms with E-state index < -0.39 is 6.10 Å². The molecular weight excluding hydrogens is 210 g/mol. The van der Waals surface area contributed by atoms with Gasteiger partial charge in [-0.25, -0.2) is 0 Å². The molecule has 0 spiro atoms. The van der Waals surface area contributed by atoms with Crippen molar-refractivity contribution in [1.82, 2.24) is 0 Å². The predicted octanol–water partition coefficient (Wildman–Crippen LogP) is -0.0933. The average Bonchev–Trinajstić information content (AvgIpc) is 2.68. The van der Waals surface area contributed by atoms with E-state index >= 15 is 0 Å². The van der Waals surface area contributed by atoms with Crippen molar-refractivity contribution in [1.29, 1.82) is 0 Å². The van der Waals surface area contributed by atoms with Crippen molar-refractivity contribution in [3.63, 3.8) is 0 Å². The van der Waals surface area contributed by atoms with Crippen LogP contribution in [0.2, 0.25) is 0 Å². The second kappa shape index (κ2) is 7.97. The molecule has 1 aliphatic rings. The Labute approximate surface area is 96.9 Å². The van der Waals surface area contributed by atoms with Crippen molar-refractivity contribution in [2.75, 3.05) is 33.5 Å². The molecule has 0 radical (unpaired) electrons. The van der Waals surface area contributed by atoms with Gasteiger partial charge in [-0.15, -0.1) is 0 Å². The number of nitrogens with two attached hydrogens (primary N) is 1. The van der Waals surface area contributed by atoms with E-state index in [2.05, 4.69) is 0 Å². The van der Waals surface area contributed by atoms with Gasteiger partial charge in [-0.05, 0) is 19.3 Å². The molecule has 0 saturated heterocycles. The zero-order valence-electron chi connectivity index (χ0n) is 9.93. The molecule has 0 aromatic rings. The molecule has 3 N–H and O–H groups in total. The summed E-state index contributed by atoms with van der Waals surface area (Å²) in [5.74, 6) is 0. The SMILES string of the molecule is COCCOCC(O)COC1CCC(N)C1. The van der Waals surface area contributed by atoms with Crippen LogP contribution in [0.25, 0.3) is 0 Å². The third kappa shape index (κ3) is 5.77. The number of rotatable bonds is 8. The number of methoxy groups -OCH3 is 1. The summed E-state index contributed by atoms with van der Waals surface area (Å²) in [6.07, 6.45) is 2.57. The van der Waals surface area contributed by atoms with Gasteiger partial charge >= 0.3 is 0 Å². The van der Waals surface area contributed by atoms with Gasteiger partial charge < -0.3 is 25.1 Å². The largest absolute Gasteiger partial charge is 0.388 e. The first-order valence-corrected chi connectivity index (χ1v) is 5.84. The van der Waals surface area contributed by atoms with E-state index in [0.717, 1.165) is 19.3 Å². The van der Waals surface area contributed by atoms with Gasteiger partial charge in [0.2, 0.25) is 0 Å². The van der Waals surface area contributed by atoms with Crippen LogP contribution < -0.4 is 5.73 Å². The number of hydrogen-bond acceptors (Lipinski definition) is 5. The second-order valence-corrected chi connectivity index (χ2v) is 4.25. The van der Waals surface area contributed by atoms with Gasteiger partial charge in [0.25, 0.3) is 0 Å². The lowest BCUT2D eigenvalue weighted by molar-refractivity contribution is -0.0483. The van der Waals surface area contributed by atoms with Crippen LogP contribution >= 0.6 is 0 Å². The third-order valence-electron chi connectivity index (χ3n) is 2.69. The molecule has 1 aliphatic carbocycles. The molecule has 0 aromatic carbocycles. The Kier molecular flexibility index (Phi) is 6.91. The summed E-state index contributed by atoms with van der Waals surface area (Å²) >= 11 is 0. The molecule has 3 unspecified atom stereocenters. The van der Waals surface area contributed by atoms with Crippen molar-refractivity contribution < 1.29 is 19.3 Å². The van der Waals surface area contributed by atoms with Crippen molar-refractivity contribution in [3.8, 4) is 0 Å². The molecule has 3 atom stereocenters. The number of hydrogen-bond donors (Lipinski definition) is 2. The normalized spacial score (nSPS) is 27.2. The second-order valence-electron chi connectivity index (χ2n) is 4.25. The summed E-state index contributed by atoms with van der Waals surface area (Å²) < 4.78 is 15.6.